The maximum atomic E-state index is 12.3. The van der Waals surface area contributed by atoms with E-state index in [1.807, 2.05) is 24.3 Å². The zero-order valence-corrected chi connectivity index (χ0v) is 17.5. The normalized spacial score (nSPS) is 14.7. The molecule has 3 aromatic heterocycles. The van der Waals surface area contributed by atoms with Crippen LogP contribution in [0.4, 0.5) is 0 Å². The number of hydrogen-bond donors (Lipinski definition) is 2. The zero-order valence-electron chi connectivity index (χ0n) is 16.0. The number of piperidine rings is 1. The standard InChI is InChI=1S/C20H19ClN6O2.ClH/c21-15-4-2-1-3-13(15)9-18-25-26-20(29-18)14-11-23-27-16(10-17(28)24-19(14)27)12-5-7-22-8-6-12;/h1-4,10-12,22H,5-9H2,(H,24,28);1H. The number of nitrogens with zero attached hydrogens (tertiary/aromatic N) is 4. The lowest BCUT2D eigenvalue weighted by Crippen LogP contribution is -2.28. The van der Waals surface area contributed by atoms with Crippen LogP contribution in [0.5, 0.6) is 0 Å². The Kier molecular flexibility index (Phi) is 5.90. The third-order valence-electron chi connectivity index (χ3n) is 5.29. The average molecular weight is 447 g/mol. The minimum Gasteiger partial charge on any atom is -0.420 e. The molecule has 8 nitrogen and oxygen atoms in total. The summed E-state index contributed by atoms with van der Waals surface area (Å²) in [5, 5.41) is 16.8. The van der Waals surface area contributed by atoms with Gasteiger partial charge in [-0.25, -0.2) is 4.52 Å². The Hall–Kier alpha value is -2.68. The van der Waals surface area contributed by atoms with Gasteiger partial charge >= 0.3 is 0 Å². The molecule has 156 valence electrons. The van der Waals surface area contributed by atoms with Crippen LogP contribution in [0.1, 0.15) is 35.9 Å². The van der Waals surface area contributed by atoms with Gasteiger partial charge in [-0.1, -0.05) is 29.8 Å². The number of aromatic amines is 1. The highest BCUT2D eigenvalue weighted by Gasteiger charge is 2.22. The first-order valence-electron chi connectivity index (χ1n) is 9.57. The Morgan fingerprint density at radius 1 is 1.20 bits per heavy atom. The summed E-state index contributed by atoms with van der Waals surface area (Å²) in [4.78, 5) is 15.2. The highest BCUT2D eigenvalue weighted by atomic mass is 35.5. The quantitative estimate of drug-likeness (QED) is 0.498. The lowest BCUT2D eigenvalue weighted by Gasteiger charge is -2.23. The lowest BCUT2D eigenvalue weighted by atomic mass is 9.94. The third kappa shape index (κ3) is 3.86. The van der Waals surface area contributed by atoms with Gasteiger partial charge in [0, 0.05) is 17.0 Å². The van der Waals surface area contributed by atoms with E-state index >= 15 is 0 Å². The van der Waals surface area contributed by atoms with Crippen LogP contribution in [0.15, 0.2) is 45.7 Å². The Morgan fingerprint density at radius 2 is 2.00 bits per heavy atom. The summed E-state index contributed by atoms with van der Waals surface area (Å²) in [6.07, 6.45) is 4.03. The number of rotatable bonds is 4. The molecule has 0 aliphatic carbocycles. The average Bonchev–Trinajstić information content (AvgIpc) is 3.36. The van der Waals surface area contributed by atoms with Crippen molar-refractivity contribution in [1.82, 2.24) is 30.1 Å². The highest BCUT2D eigenvalue weighted by Crippen LogP contribution is 2.28. The number of nitrogens with one attached hydrogen (secondary N) is 2. The molecule has 1 aliphatic rings. The smallest absolute Gasteiger partial charge is 0.253 e. The van der Waals surface area contributed by atoms with Gasteiger partial charge in [-0.15, -0.1) is 22.6 Å². The summed E-state index contributed by atoms with van der Waals surface area (Å²) >= 11 is 6.22. The van der Waals surface area contributed by atoms with Gasteiger partial charge in [0.15, 0.2) is 0 Å². The fraction of sp³-hybridized carbons (Fsp3) is 0.300. The number of halogens is 2. The first-order valence-corrected chi connectivity index (χ1v) is 9.94. The fourth-order valence-corrected chi connectivity index (χ4v) is 4.02. The first-order chi connectivity index (χ1) is 14.2. The molecule has 1 fully saturated rings. The number of hydrogen-bond acceptors (Lipinski definition) is 6. The molecule has 1 saturated heterocycles. The van der Waals surface area contributed by atoms with Gasteiger partial charge in [-0.3, -0.25) is 4.79 Å². The molecular formula is C20H20Cl2N6O2. The molecule has 5 rings (SSSR count). The zero-order chi connectivity index (χ0) is 19.8. The molecule has 4 aromatic rings. The predicted molar refractivity (Wildman–Crippen MR) is 115 cm³/mol. The Balaban J connectivity index is 0.00000218. The van der Waals surface area contributed by atoms with Gasteiger partial charge in [0.05, 0.1) is 18.3 Å². The second kappa shape index (κ2) is 8.59. The first kappa shape index (κ1) is 20.6. The van der Waals surface area contributed by atoms with Crippen molar-refractivity contribution in [3.8, 4) is 11.5 Å². The summed E-state index contributed by atoms with van der Waals surface area (Å²) in [5.74, 6) is 1.05. The molecule has 0 unspecified atom stereocenters. The van der Waals surface area contributed by atoms with Gasteiger partial charge in [0.2, 0.25) is 5.89 Å². The topological polar surface area (TPSA) is 101 Å². The molecule has 0 saturated carbocycles. The summed E-state index contributed by atoms with van der Waals surface area (Å²) < 4.78 is 7.64. The minimum atomic E-state index is -0.163. The molecule has 10 heteroatoms. The van der Waals surface area contributed by atoms with Crippen molar-refractivity contribution in [2.45, 2.75) is 25.2 Å². The SMILES string of the molecule is Cl.O=c1cc(C2CCNCC2)n2ncc(-c3nnc(Cc4ccccc4Cl)o3)c2[nH]1. The van der Waals surface area contributed by atoms with E-state index in [2.05, 4.69) is 25.6 Å². The Morgan fingerprint density at radius 3 is 2.80 bits per heavy atom. The van der Waals surface area contributed by atoms with Crippen molar-refractivity contribution in [3.63, 3.8) is 0 Å². The van der Waals surface area contributed by atoms with Crippen LogP contribution >= 0.6 is 24.0 Å². The van der Waals surface area contributed by atoms with Crippen molar-refractivity contribution in [2.24, 2.45) is 0 Å². The van der Waals surface area contributed by atoms with E-state index in [1.54, 1.807) is 16.8 Å². The summed E-state index contributed by atoms with van der Waals surface area (Å²) in [6.45, 7) is 1.87. The van der Waals surface area contributed by atoms with Crippen LogP contribution in [0, 0.1) is 0 Å². The number of fused-ring (bicyclic) bond motifs is 1. The molecule has 0 amide bonds. The van der Waals surface area contributed by atoms with Gasteiger partial charge in [-0.2, -0.15) is 5.10 Å². The number of benzene rings is 1. The van der Waals surface area contributed by atoms with Crippen molar-refractivity contribution in [2.75, 3.05) is 13.1 Å². The summed E-state index contributed by atoms with van der Waals surface area (Å²) in [7, 11) is 0. The second-order valence-electron chi connectivity index (χ2n) is 7.17. The van der Waals surface area contributed by atoms with Crippen molar-refractivity contribution in [1.29, 1.82) is 0 Å². The summed E-state index contributed by atoms with van der Waals surface area (Å²) in [5.41, 5.74) is 2.83. The molecule has 30 heavy (non-hydrogen) atoms. The van der Waals surface area contributed by atoms with Gasteiger partial charge in [-0.05, 0) is 37.6 Å². The van der Waals surface area contributed by atoms with Crippen LogP contribution in [-0.2, 0) is 6.42 Å². The molecule has 0 radical (unpaired) electrons. The number of aromatic nitrogens is 5. The summed E-state index contributed by atoms with van der Waals surface area (Å²) in [6, 6.07) is 9.17. The molecule has 2 N–H and O–H groups in total. The van der Waals surface area contributed by atoms with Crippen molar-refractivity contribution in [3.05, 3.63) is 69.1 Å². The lowest BCUT2D eigenvalue weighted by molar-refractivity contribution is 0.446. The van der Waals surface area contributed by atoms with Crippen LogP contribution in [0.25, 0.3) is 17.1 Å². The van der Waals surface area contributed by atoms with E-state index in [4.69, 9.17) is 16.0 Å². The molecule has 4 heterocycles. The molecular weight excluding hydrogens is 427 g/mol. The third-order valence-corrected chi connectivity index (χ3v) is 5.66. The molecule has 1 aromatic carbocycles. The maximum absolute atomic E-state index is 12.3. The van der Waals surface area contributed by atoms with Crippen LogP contribution < -0.4 is 10.9 Å². The molecule has 0 bridgehead atoms. The van der Waals surface area contributed by atoms with E-state index < -0.39 is 0 Å². The van der Waals surface area contributed by atoms with Crippen LogP contribution in [-0.4, -0.2) is 37.9 Å². The van der Waals surface area contributed by atoms with E-state index in [0.29, 0.717) is 34.4 Å². The van der Waals surface area contributed by atoms with Crippen LogP contribution in [0.3, 0.4) is 0 Å². The molecule has 0 spiro atoms. The highest BCUT2D eigenvalue weighted by molar-refractivity contribution is 6.31. The fourth-order valence-electron chi connectivity index (χ4n) is 3.82. The van der Waals surface area contributed by atoms with E-state index in [9.17, 15) is 4.79 Å². The van der Waals surface area contributed by atoms with Gasteiger partial charge in [0.1, 0.15) is 11.2 Å². The van der Waals surface area contributed by atoms with Crippen molar-refractivity contribution >= 4 is 29.7 Å². The monoisotopic (exact) mass is 446 g/mol. The van der Waals surface area contributed by atoms with Crippen LogP contribution in [0.2, 0.25) is 5.02 Å². The molecule has 0 atom stereocenters. The largest absolute Gasteiger partial charge is 0.420 e. The minimum absolute atomic E-state index is 0. The van der Waals surface area contributed by atoms with Gasteiger partial charge < -0.3 is 14.7 Å². The van der Waals surface area contributed by atoms with E-state index in [0.717, 1.165) is 37.2 Å². The Labute approximate surface area is 183 Å². The van der Waals surface area contributed by atoms with Gasteiger partial charge in [0.25, 0.3) is 11.4 Å². The predicted octanol–water partition coefficient (Wildman–Crippen LogP) is 3.21. The number of H-pyrrole nitrogens is 1. The maximum Gasteiger partial charge on any atom is 0.253 e. The molecule has 1 aliphatic heterocycles. The van der Waals surface area contributed by atoms with E-state index in [-0.39, 0.29) is 23.9 Å². The van der Waals surface area contributed by atoms with Crippen molar-refractivity contribution < 1.29 is 4.42 Å². The second-order valence-corrected chi connectivity index (χ2v) is 7.58. The Bertz CT molecular complexity index is 1230. The van der Waals surface area contributed by atoms with E-state index in [1.165, 1.54) is 0 Å².